The summed E-state index contributed by atoms with van der Waals surface area (Å²) in [6.07, 6.45) is 7.64. The van der Waals surface area contributed by atoms with Crippen LogP contribution in [0.2, 0.25) is 0 Å². The number of rotatable bonds is 4. The maximum absolute atomic E-state index is 11.9. The Bertz CT molecular complexity index is 530. The van der Waals surface area contributed by atoms with Crippen molar-refractivity contribution in [1.29, 1.82) is 0 Å². The van der Waals surface area contributed by atoms with Crippen molar-refractivity contribution >= 4 is 5.91 Å². The lowest BCUT2D eigenvalue weighted by molar-refractivity contribution is -0.137. The number of aromatic nitrogens is 2. The zero-order chi connectivity index (χ0) is 15.7. The van der Waals surface area contributed by atoms with Gasteiger partial charge in [0.1, 0.15) is 0 Å². The first kappa shape index (κ1) is 15.5. The molecule has 2 aliphatic heterocycles. The predicted molar refractivity (Wildman–Crippen MR) is 85.3 cm³/mol. The number of hydrogen-bond acceptors (Lipinski definition) is 4. The third-order valence-corrected chi connectivity index (χ3v) is 5.29. The molecule has 1 amide bonds. The van der Waals surface area contributed by atoms with Crippen LogP contribution in [0.5, 0.6) is 0 Å². The van der Waals surface area contributed by atoms with E-state index in [1.54, 1.807) is 4.90 Å². The first-order valence-electron chi connectivity index (χ1n) is 8.14. The van der Waals surface area contributed by atoms with Crippen molar-refractivity contribution in [2.24, 2.45) is 7.05 Å². The topological polar surface area (TPSA) is 44.6 Å². The van der Waals surface area contributed by atoms with E-state index < -0.39 is 0 Å². The summed E-state index contributed by atoms with van der Waals surface area (Å²) in [6, 6.07) is 0. The van der Waals surface area contributed by atoms with E-state index in [4.69, 9.17) is 0 Å². The molecule has 3 rings (SSSR count). The molecule has 0 aliphatic carbocycles. The molecule has 2 aliphatic rings. The first-order valence-corrected chi connectivity index (χ1v) is 8.14. The second-order valence-electron chi connectivity index (χ2n) is 6.98. The van der Waals surface area contributed by atoms with Crippen LogP contribution in [0, 0.1) is 0 Å². The number of likely N-dealkylation sites (tertiary alicyclic amines) is 2. The van der Waals surface area contributed by atoms with Crippen molar-refractivity contribution in [2.75, 3.05) is 40.3 Å². The van der Waals surface area contributed by atoms with Gasteiger partial charge >= 0.3 is 0 Å². The van der Waals surface area contributed by atoms with E-state index in [1.807, 2.05) is 32.0 Å². The van der Waals surface area contributed by atoms with Gasteiger partial charge in [-0.05, 0) is 19.3 Å². The summed E-state index contributed by atoms with van der Waals surface area (Å²) in [5.41, 5.74) is 1.57. The highest BCUT2D eigenvalue weighted by molar-refractivity contribution is 5.77. The second kappa shape index (κ2) is 6.01. The molecule has 0 N–H and O–H groups in total. The first-order chi connectivity index (χ1) is 10.5. The standard InChI is InChI=1S/C16H27N5O/c1-18(2)15(22)13-21-9-6-16(21)4-7-20(8-5-16)12-14-10-17-19(3)11-14/h10-11H,4-9,12-13H2,1-3H3. The monoisotopic (exact) mass is 305 g/mol. The molecule has 0 radical (unpaired) electrons. The smallest absolute Gasteiger partial charge is 0.236 e. The van der Waals surface area contributed by atoms with E-state index >= 15 is 0 Å². The zero-order valence-electron chi connectivity index (χ0n) is 14.0. The Morgan fingerprint density at radius 1 is 1.27 bits per heavy atom. The lowest BCUT2D eigenvalue weighted by Gasteiger charge is -2.56. The van der Waals surface area contributed by atoms with Crippen molar-refractivity contribution in [3.63, 3.8) is 0 Å². The molecule has 3 heterocycles. The Morgan fingerprint density at radius 3 is 2.45 bits per heavy atom. The predicted octanol–water partition coefficient (Wildman–Crippen LogP) is 0.549. The molecule has 6 nitrogen and oxygen atoms in total. The van der Waals surface area contributed by atoms with Gasteiger partial charge in [0.05, 0.1) is 12.7 Å². The third kappa shape index (κ3) is 3.03. The fourth-order valence-electron chi connectivity index (χ4n) is 3.64. The molecular weight excluding hydrogens is 278 g/mol. The van der Waals surface area contributed by atoms with Crippen LogP contribution in [0.25, 0.3) is 0 Å². The number of carbonyl (C=O) groups excluding carboxylic acids is 1. The van der Waals surface area contributed by atoms with E-state index in [2.05, 4.69) is 21.1 Å². The molecule has 0 aromatic carbocycles. The van der Waals surface area contributed by atoms with Gasteiger partial charge in [-0.2, -0.15) is 5.10 Å². The second-order valence-corrected chi connectivity index (χ2v) is 6.98. The Balaban J connectivity index is 1.51. The van der Waals surface area contributed by atoms with Gasteiger partial charge in [0, 0.05) is 64.6 Å². The summed E-state index contributed by atoms with van der Waals surface area (Å²) < 4.78 is 1.86. The van der Waals surface area contributed by atoms with Crippen LogP contribution in [0.3, 0.4) is 0 Å². The molecule has 1 aromatic heterocycles. The molecule has 6 heteroatoms. The number of likely N-dealkylation sites (N-methyl/N-ethyl adjacent to an activating group) is 1. The van der Waals surface area contributed by atoms with Crippen molar-refractivity contribution in [3.8, 4) is 0 Å². The number of amides is 1. The van der Waals surface area contributed by atoms with Crippen LogP contribution in [-0.4, -0.2) is 76.2 Å². The van der Waals surface area contributed by atoms with Crippen molar-refractivity contribution in [2.45, 2.75) is 31.3 Å². The fraction of sp³-hybridized carbons (Fsp3) is 0.750. The molecule has 22 heavy (non-hydrogen) atoms. The van der Waals surface area contributed by atoms with E-state index in [9.17, 15) is 4.79 Å². The normalized spacial score (nSPS) is 21.8. The van der Waals surface area contributed by atoms with Crippen LogP contribution in [0.15, 0.2) is 12.4 Å². The number of nitrogens with zero attached hydrogens (tertiary/aromatic N) is 5. The highest BCUT2D eigenvalue weighted by Crippen LogP contribution is 2.39. The minimum atomic E-state index is 0.219. The molecule has 0 unspecified atom stereocenters. The maximum atomic E-state index is 11.9. The molecule has 122 valence electrons. The molecule has 2 fully saturated rings. The Morgan fingerprint density at radius 2 is 1.95 bits per heavy atom. The number of carbonyl (C=O) groups is 1. The van der Waals surface area contributed by atoms with Crippen LogP contribution >= 0.6 is 0 Å². The number of aryl methyl sites for hydroxylation is 1. The van der Waals surface area contributed by atoms with Crippen molar-refractivity contribution < 1.29 is 4.79 Å². The summed E-state index contributed by atoms with van der Waals surface area (Å²) >= 11 is 0. The lowest BCUT2D eigenvalue weighted by Crippen LogP contribution is -2.65. The van der Waals surface area contributed by atoms with E-state index in [0.29, 0.717) is 6.54 Å². The SMILES string of the molecule is CN(C)C(=O)CN1CCC12CCN(Cc1cnn(C)c1)CC2. The van der Waals surface area contributed by atoms with Gasteiger partial charge in [0.25, 0.3) is 0 Å². The minimum absolute atomic E-state index is 0.219. The van der Waals surface area contributed by atoms with Gasteiger partial charge in [-0.25, -0.2) is 0 Å². The number of piperidine rings is 1. The van der Waals surface area contributed by atoms with E-state index in [1.165, 1.54) is 24.8 Å². The van der Waals surface area contributed by atoms with Crippen LogP contribution in [-0.2, 0) is 18.4 Å². The fourth-order valence-corrected chi connectivity index (χ4v) is 3.64. The quantitative estimate of drug-likeness (QED) is 0.815. The highest BCUT2D eigenvalue weighted by atomic mass is 16.2. The summed E-state index contributed by atoms with van der Waals surface area (Å²) in [4.78, 5) is 18.5. The van der Waals surface area contributed by atoms with Gasteiger partial charge in [0.2, 0.25) is 5.91 Å². The Labute approximate surface area is 132 Å². The Kier molecular flexibility index (Phi) is 4.23. The van der Waals surface area contributed by atoms with Crippen LogP contribution in [0.4, 0.5) is 0 Å². The summed E-state index contributed by atoms with van der Waals surface area (Å²) in [7, 11) is 5.64. The van der Waals surface area contributed by atoms with Crippen LogP contribution in [0.1, 0.15) is 24.8 Å². The molecule has 1 spiro atoms. The third-order valence-electron chi connectivity index (χ3n) is 5.29. The molecule has 0 saturated carbocycles. The summed E-state index contributed by atoms with van der Waals surface area (Å²) in [5, 5.41) is 4.24. The lowest BCUT2D eigenvalue weighted by atomic mass is 9.76. The van der Waals surface area contributed by atoms with Gasteiger partial charge in [-0.3, -0.25) is 19.3 Å². The largest absolute Gasteiger partial charge is 0.348 e. The van der Waals surface area contributed by atoms with Gasteiger partial charge < -0.3 is 4.90 Å². The van der Waals surface area contributed by atoms with Crippen molar-refractivity contribution in [3.05, 3.63) is 18.0 Å². The number of hydrogen-bond donors (Lipinski definition) is 0. The van der Waals surface area contributed by atoms with Gasteiger partial charge in [-0.1, -0.05) is 0 Å². The highest BCUT2D eigenvalue weighted by Gasteiger charge is 2.46. The average molecular weight is 305 g/mol. The Hall–Kier alpha value is -1.40. The molecular formula is C16H27N5O. The zero-order valence-corrected chi connectivity index (χ0v) is 14.0. The van der Waals surface area contributed by atoms with E-state index in [-0.39, 0.29) is 11.4 Å². The summed E-state index contributed by atoms with van der Waals surface area (Å²) in [5.74, 6) is 0.219. The van der Waals surface area contributed by atoms with Crippen molar-refractivity contribution in [1.82, 2.24) is 24.5 Å². The van der Waals surface area contributed by atoms with Gasteiger partial charge in [-0.15, -0.1) is 0 Å². The van der Waals surface area contributed by atoms with Gasteiger partial charge in [0.15, 0.2) is 0 Å². The molecule has 1 aromatic rings. The average Bonchev–Trinajstić information content (AvgIpc) is 2.89. The van der Waals surface area contributed by atoms with E-state index in [0.717, 1.165) is 26.2 Å². The molecule has 0 bridgehead atoms. The molecule has 0 atom stereocenters. The maximum Gasteiger partial charge on any atom is 0.236 e. The molecule has 2 saturated heterocycles. The minimum Gasteiger partial charge on any atom is -0.348 e. The summed E-state index contributed by atoms with van der Waals surface area (Å²) in [6.45, 7) is 4.86. The van der Waals surface area contributed by atoms with Crippen LogP contribution < -0.4 is 0 Å².